The van der Waals surface area contributed by atoms with Gasteiger partial charge in [-0.2, -0.15) is 0 Å². The summed E-state index contributed by atoms with van der Waals surface area (Å²) in [5.74, 6) is 0.511. The minimum absolute atomic E-state index is 0.201. The molecule has 2 atom stereocenters. The van der Waals surface area contributed by atoms with Gasteiger partial charge in [-0.1, -0.05) is 56.7 Å². The van der Waals surface area contributed by atoms with Gasteiger partial charge in [-0.3, -0.25) is 4.79 Å². The second-order valence-corrected chi connectivity index (χ2v) is 7.34. The van der Waals surface area contributed by atoms with Gasteiger partial charge in [0.25, 0.3) is 0 Å². The lowest BCUT2D eigenvalue weighted by Crippen LogP contribution is -2.39. The number of carbonyl (C=O) groups is 1. The third-order valence-electron chi connectivity index (χ3n) is 5.50. The van der Waals surface area contributed by atoms with Gasteiger partial charge in [0.05, 0.1) is 6.04 Å². The number of hydrogen-bond acceptors (Lipinski definition) is 3. The maximum Gasteiger partial charge on any atom is 0.152 e. The third kappa shape index (κ3) is 4.35. The Morgan fingerprint density at radius 2 is 1.74 bits per heavy atom. The largest absolute Gasteiger partial charge is 0.382 e. The van der Waals surface area contributed by atoms with E-state index in [2.05, 4.69) is 29.6 Å². The molecule has 2 aliphatic rings. The normalized spacial score (nSPS) is 24.0. The van der Waals surface area contributed by atoms with E-state index in [1.807, 2.05) is 0 Å². The van der Waals surface area contributed by atoms with Crippen LogP contribution < -0.4 is 11.1 Å². The highest BCUT2D eigenvalue weighted by Gasteiger charge is 2.28. The van der Waals surface area contributed by atoms with E-state index in [1.54, 1.807) is 0 Å². The van der Waals surface area contributed by atoms with Crippen LogP contribution >= 0.6 is 0 Å². The van der Waals surface area contributed by atoms with E-state index < -0.39 is 0 Å². The zero-order valence-corrected chi connectivity index (χ0v) is 14.1. The number of benzene rings is 1. The molecule has 1 aromatic rings. The SMILES string of the molecule is NC(CC1Cc2ccccc2N1)C(=O)C1CCCCCCCC1. The average molecular weight is 314 g/mol. The maximum atomic E-state index is 12.8. The van der Waals surface area contributed by atoms with Crippen molar-refractivity contribution >= 4 is 11.5 Å². The topological polar surface area (TPSA) is 55.1 Å². The second kappa shape index (κ2) is 7.96. The van der Waals surface area contributed by atoms with Crippen molar-refractivity contribution in [3.05, 3.63) is 29.8 Å². The summed E-state index contributed by atoms with van der Waals surface area (Å²) in [6.07, 6.45) is 11.4. The number of fused-ring (bicyclic) bond motifs is 1. The molecular weight excluding hydrogens is 284 g/mol. The van der Waals surface area contributed by atoms with Gasteiger partial charge in [-0.15, -0.1) is 0 Å². The lowest BCUT2D eigenvalue weighted by molar-refractivity contribution is -0.124. The summed E-state index contributed by atoms with van der Waals surface area (Å²) < 4.78 is 0. The number of nitrogens with two attached hydrogens (primary N) is 1. The van der Waals surface area contributed by atoms with Crippen LogP contribution in [0.25, 0.3) is 0 Å². The van der Waals surface area contributed by atoms with Crippen molar-refractivity contribution < 1.29 is 4.79 Å². The number of anilines is 1. The first-order chi connectivity index (χ1) is 11.2. The Labute approximate surface area is 140 Å². The zero-order chi connectivity index (χ0) is 16.1. The summed E-state index contributed by atoms with van der Waals surface area (Å²) in [6, 6.07) is 8.40. The summed E-state index contributed by atoms with van der Waals surface area (Å²) >= 11 is 0. The number of Topliss-reactive ketones (excluding diaryl/α,β-unsaturated/α-hetero) is 1. The fraction of sp³-hybridized carbons (Fsp3) is 0.650. The van der Waals surface area contributed by atoms with Crippen LogP contribution in [-0.2, 0) is 11.2 Å². The summed E-state index contributed by atoms with van der Waals surface area (Å²) in [7, 11) is 0. The molecule has 0 saturated heterocycles. The summed E-state index contributed by atoms with van der Waals surface area (Å²) in [4.78, 5) is 12.8. The molecule has 23 heavy (non-hydrogen) atoms. The van der Waals surface area contributed by atoms with Crippen molar-refractivity contribution in [2.75, 3.05) is 5.32 Å². The standard InChI is InChI=1S/C20H30N2O/c21-18(14-17-13-16-11-7-8-12-19(16)22-17)20(23)15-9-5-3-1-2-4-6-10-15/h7-8,11-12,15,17-18,22H,1-6,9-10,13-14,21H2. The van der Waals surface area contributed by atoms with Gasteiger partial charge >= 0.3 is 0 Å². The minimum Gasteiger partial charge on any atom is -0.382 e. The smallest absolute Gasteiger partial charge is 0.152 e. The summed E-state index contributed by atoms with van der Waals surface area (Å²) in [5.41, 5.74) is 8.86. The molecule has 0 spiro atoms. The first-order valence-electron chi connectivity index (χ1n) is 9.38. The first kappa shape index (κ1) is 16.5. The molecule has 0 amide bonds. The molecule has 0 bridgehead atoms. The molecule has 1 aromatic carbocycles. The molecule has 3 nitrogen and oxygen atoms in total. The van der Waals surface area contributed by atoms with Gasteiger partial charge in [0, 0.05) is 17.6 Å². The van der Waals surface area contributed by atoms with E-state index in [4.69, 9.17) is 5.73 Å². The van der Waals surface area contributed by atoms with E-state index in [0.717, 1.165) is 25.7 Å². The molecule has 0 aromatic heterocycles. The summed E-state index contributed by atoms with van der Waals surface area (Å²) in [6.45, 7) is 0. The van der Waals surface area contributed by atoms with Crippen LogP contribution in [0, 0.1) is 5.92 Å². The van der Waals surface area contributed by atoms with Crippen molar-refractivity contribution in [1.29, 1.82) is 0 Å². The van der Waals surface area contributed by atoms with Crippen molar-refractivity contribution in [1.82, 2.24) is 0 Å². The van der Waals surface area contributed by atoms with E-state index in [-0.39, 0.29) is 12.0 Å². The van der Waals surface area contributed by atoms with Crippen LogP contribution in [0.3, 0.4) is 0 Å². The molecule has 1 aliphatic heterocycles. The fourth-order valence-electron chi connectivity index (χ4n) is 4.16. The van der Waals surface area contributed by atoms with Crippen LogP contribution in [0.5, 0.6) is 0 Å². The molecule has 1 saturated carbocycles. The number of nitrogens with one attached hydrogen (secondary N) is 1. The van der Waals surface area contributed by atoms with Crippen LogP contribution in [0.15, 0.2) is 24.3 Å². The highest BCUT2D eigenvalue weighted by atomic mass is 16.1. The molecule has 3 N–H and O–H groups in total. The monoisotopic (exact) mass is 314 g/mol. The van der Waals surface area contributed by atoms with Crippen LogP contribution in [0.2, 0.25) is 0 Å². The van der Waals surface area contributed by atoms with E-state index in [0.29, 0.717) is 11.8 Å². The molecule has 126 valence electrons. The van der Waals surface area contributed by atoms with Crippen molar-refractivity contribution in [3.8, 4) is 0 Å². The lowest BCUT2D eigenvalue weighted by Gasteiger charge is -2.22. The van der Waals surface area contributed by atoms with Crippen LogP contribution in [-0.4, -0.2) is 17.9 Å². The molecular formula is C20H30N2O. The average Bonchev–Trinajstić information content (AvgIpc) is 3.01. The highest BCUT2D eigenvalue weighted by Crippen LogP contribution is 2.28. The third-order valence-corrected chi connectivity index (χ3v) is 5.50. The van der Waals surface area contributed by atoms with Crippen LogP contribution in [0.4, 0.5) is 5.69 Å². The van der Waals surface area contributed by atoms with Crippen LogP contribution in [0.1, 0.15) is 63.4 Å². The maximum absolute atomic E-state index is 12.8. The zero-order valence-electron chi connectivity index (χ0n) is 14.1. The van der Waals surface area contributed by atoms with Gasteiger partial charge in [-0.05, 0) is 37.3 Å². The van der Waals surface area contributed by atoms with E-state index >= 15 is 0 Å². The molecule has 1 fully saturated rings. The molecule has 1 aliphatic carbocycles. The Kier molecular flexibility index (Phi) is 5.71. The van der Waals surface area contributed by atoms with E-state index in [9.17, 15) is 4.79 Å². The quantitative estimate of drug-likeness (QED) is 0.881. The van der Waals surface area contributed by atoms with E-state index in [1.165, 1.54) is 49.8 Å². The number of para-hydroxylation sites is 1. The predicted molar refractivity (Wildman–Crippen MR) is 95.6 cm³/mol. The number of carbonyl (C=O) groups excluding carboxylic acids is 1. The Balaban J connectivity index is 1.53. The molecule has 3 heteroatoms. The molecule has 0 radical (unpaired) electrons. The van der Waals surface area contributed by atoms with Gasteiger partial charge in [0.15, 0.2) is 5.78 Å². The number of ketones is 1. The Morgan fingerprint density at radius 3 is 2.43 bits per heavy atom. The van der Waals surface area contributed by atoms with Gasteiger partial charge in [0.2, 0.25) is 0 Å². The fourth-order valence-corrected chi connectivity index (χ4v) is 4.16. The molecule has 3 rings (SSSR count). The highest BCUT2D eigenvalue weighted by molar-refractivity contribution is 5.86. The number of hydrogen-bond donors (Lipinski definition) is 2. The Morgan fingerprint density at radius 1 is 1.09 bits per heavy atom. The summed E-state index contributed by atoms with van der Waals surface area (Å²) in [5, 5.41) is 3.52. The Bertz CT molecular complexity index is 493. The van der Waals surface area contributed by atoms with Crippen molar-refractivity contribution in [2.24, 2.45) is 11.7 Å². The second-order valence-electron chi connectivity index (χ2n) is 7.34. The van der Waals surface area contributed by atoms with Crippen molar-refractivity contribution in [2.45, 2.75) is 76.3 Å². The van der Waals surface area contributed by atoms with Crippen molar-refractivity contribution in [3.63, 3.8) is 0 Å². The number of rotatable bonds is 4. The van der Waals surface area contributed by atoms with Gasteiger partial charge < -0.3 is 11.1 Å². The predicted octanol–water partition coefficient (Wildman–Crippen LogP) is 4.06. The first-order valence-corrected chi connectivity index (χ1v) is 9.38. The molecule has 1 heterocycles. The Hall–Kier alpha value is -1.35. The van der Waals surface area contributed by atoms with Gasteiger partial charge in [-0.25, -0.2) is 0 Å². The minimum atomic E-state index is -0.312. The molecule has 2 unspecified atom stereocenters. The van der Waals surface area contributed by atoms with Gasteiger partial charge in [0.1, 0.15) is 0 Å². The lowest BCUT2D eigenvalue weighted by atomic mass is 9.87.